The molecule has 1 N–H and O–H groups in total. The van der Waals surface area contributed by atoms with E-state index < -0.39 is 33.5 Å². The van der Waals surface area contributed by atoms with Gasteiger partial charge in [-0.3, -0.25) is 13.9 Å². The van der Waals surface area contributed by atoms with Crippen molar-refractivity contribution in [2.45, 2.75) is 76.9 Å². The van der Waals surface area contributed by atoms with Gasteiger partial charge < -0.3 is 10.2 Å². The van der Waals surface area contributed by atoms with Gasteiger partial charge >= 0.3 is 0 Å². The Morgan fingerprint density at radius 2 is 1.67 bits per heavy atom. The molecule has 7 nitrogen and oxygen atoms in total. The first-order valence-corrected chi connectivity index (χ1v) is 15.1. The molecule has 3 rings (SSSR count). The lowest BCUT2D eigenvalue weighted by atomic mass is 9.95. The van der Waals surface area contributed by atoms with E-state index in [0.29, 0.717) is 12.0 Å². The summed E-state index contributed by atoms with van der Waals surface area (Å²) in [6, 6.07) is 7.76. The topological polar surface area (TPSA) is 86.8 Å². The molecule has 0 spiro atoms. The third-order valence-corrected chi connectivity index (χ3v) is 8.14. The van der Waals surface area contributed by atoms with Crippen LogP contribution in [0.3, 0.4) is 0 Å². The van der Waals surface area contributed by atoms with Gasteiger partial charge in [0.15, 0.2) is 11.6 Å². The van der Waals surface area contributed by atoms with Crippen molar-refractivity contribution in [2.75, 3.05) is 17.1 Å². The SMILES string of the molecule is CC[C@@H](C(=O)NC1CCCCC1)N(Cc1ccc(F)cc1)C(=O)CCCN(c1ccc(F)c(F)c1)S(C)(=O)=O. The number of rotatable bonds is 12. The summed E-state index contributed by atoms with van der Waals surface area (Å²) in [5, 5.41) is 3.08. The average Bonchev–Trinajstić information content (AvgIpc) is 2.89. The molecule has 1 saturated carbocycles. The molecule has 0 aliphatic heterocycles. The van der Waals surface area contributed by atoms with Crippen molar-refractivity contribution >= 4 is 27.5 Å². The molecule has 0 aromatic heterocycles. The number of hydrogen-bond donors (Lipinski definition) is 1. The van der Waals surface area contributed by atoms with Gasteiger partial charge in [0.05, 0.1) is 11.9 Å². The third kappa shape index (κ3) is 8.71. The summed E-state index contributed by atoms with van der Waals surface area (Å²) in [5.74, 6) is -3.33. The maximum Gasteiger partial charge on any atom is 0.243 e. The summed E-state index contributed by atoms with van der Waals surface area (Å²) in [6.07, 6.45) is 6.27. The highest BCUT2D eigenvalue weighted by atomic mass is 32.2. The largest absolute Gasteiger partial charge is 0.352 e. The van der Waals surface area contributed by atoms with Crippen molar-refractivity contribution in [3.8, 4) is 0 Å². The second-order valence-corrected chi connectivity index (χ2v) is 11.9. The summed E-state index contributed by atoms with van der Waals surface area (Å²) < 4.78 is 66.3. The highest BCUT2D eigenvalue weighted by Crippen LogP contribution is 2.23. The predicted molar refractivity (Wildman–Crippen MR) is 144 cm³/mol. The van der Waals surface area contributed by atoms with Crippen LogP contribution in [0, 0.1) is 17.5 Å². The van der Waals surface area contributed by atoms with Crippen molar-refractivity contribution in [1.29, 1.82) is 0 Å². The number of amides is 2. The average molecular weight is 568 g/mol. The Bertz CT molecular complexity index is 1240. The van der Waals surface area contributed by atoms with Crippen molar-refractivity contribution in [1.82, 2.24) is 10.2 Å². The van der Waals surface area contributed by atoms with Gasteiger partial charge in [0, 0.05) is 31.6 Å². The Morgan fingerprint density at radius 3 is 2.26 bits per heavy atom. The second kappa shape index (κ2) is 13.8. The smallest absolute Gasteiger partial charge is 0.243 e. The van der Waals surface area contributed by atoms with E-state index in [9.17, 15) is 31.2 Å². The number of nitrogens with zero attached hydrogens (tertiary/aromatic N) is 2. The summed E-state index contributed by atoms with van der Waals surface area (Å²) in [7, 11) is -3.85. The number of carbonyl (C=O) groups excluding carboxylic acids is 2. The van der Waals surface area contributed by atoms with Crippen molar-refractivity contribution < 1.29 is 31.2 Å². The summed E-state index contributed by atoms with van der Waals surface area (Å²) in [5.41, 5.74) is 0.596. The van der Waals surface area contributed by atoms with Gasteiger partial charge in [0.2, 0.25) is 21.8 Å². The predicted octanol–water partition coefficient (Wildman–Crippen LogP) is 4.91. The zero-order chi connectivity index (χ0) is 28.6. The molecule has 39 heavy (non-hydrogen) atoms. The van der Waals surface area contributed by atoms with Crippen LogP contribution in [0.4, 0.5) is 18.9 Å². The van der Waals surface area contributed by atoms with E-state index in [2.05, 4.69) is 5.32 Å². The van der Waals surface area contributed by atoms with Crippen LogP contribution in [0.1, 0.15) is 63.9 Å². The molecule has 0 heterocycles. The first kappa shape index (κ1) is 30.5. The molecule has 1 aliphatic rings. The molecule has 0 unspecified atom stereocenters. The number of hydrogen-bond acceptors (Lipinski definition) is 4. The quantitative estimate of drug-likeness (QED) is 0.395. The number of sulfonamides is 1. The number of halogens is 3. The molecule has 2 aromatic rings. The summed E-state index contributed by atoms with van der Waals surface area (Å²) >= 11 is 0. The fourth-order valence-corrected chi connectivity index (χ4v) is 5.85. The Kier molecular flexibility index (Phi) is 10.8. The van der Waals surface area contributed by atoms with Gasteiger partial charge in [0.25, 0.3) is 0 Å². The molecule has 0 bridgehead atoms. The van der Waals surface area contributed by atoms with Gasteiger partial charge in [-0.25, -0.2) is 21.6 Å². The monoisotopic (exact) mass is 567 g/mol. The van der Waals surface area contributed by atoms with Crippen LogP contribution < -0.4 is 9.62 Å². The fourth-order valence-electron chi connectivity index (χ4n) is 4.89. The van der Waals surface area contributed by atoms with Crippen molar-refractivity contribution in [3.05, 3.63) is 65.5 Å². The maximum atomic E-state index is 13.8. The standard InChI is InChI=1S/C28H36F3N3O4S/c1-3-26(28(36)32-22-8-5-4-6-9-22)33(19-20-11-13-21(29)14-12-20)27(35)10-7-17-34(39(2,37)38)23-15-16-24(30)25(31)18-23/h11-16,18,22,26H,3-10,17,19H2,1-2H3,(H,32,36)/t26-/m0/s1. The first-order valence-electron chi connectivity index (χ1n) is 13.3. The van der Waals surface area contributed by atoms with Gasteiger partial charge in [-0.2, -0.15) is 0 Å². The Morgan fingerprint density at radius 1 is 1.00 bits per heavy atom. The van der Waals surface area contributed by atoms with Gasteiger partial charge in [0.1, 0.15) is 11.9 Å². The zero-order valence-electron chi connectivity index (χ0n) is 22.3. The van der Waals surface area contributed by atoms with E-state index in [-0.39, 0.29) is 49.5 Å². The molecule has 1 fully saturated rings. The molecule has 11 heteroatoms. The van der Waals surface area contributed by atoms with E-state index in [1.165, 1.54) is 17.0 Å². The molecule has 214 valence electrons. The van der Waals surface area contributed by atoms with Crippen LogP contribution >= 0.6 is 0 Å². The van der Waals surface area contributed by atoms with Crippen LogP contribution in [0.15, 0.2) is 42.5 Å². The Labute approximate surface area is 228 Å². The summed E-state index contributed by atoms with van der Waals surface area (Å²) in [4.78, 5) is 28.2. The van der Waals surface area contributed by atoms with Gasteiger partial charge in [-0.15, -0.1) is 0 Å². The minimum atomic E-state index is -3.85. The third-order valence-electron chi connectivity index (χ3n) is 6.95. The zero-order valence-corrected chi connectivity index (χ0v) is 23.2. The second-order valence-electron chi connectivity index (χ2n) is 9.95. The first-order chi connectivity index (χ1) is 18.5. The number of nitrogens with one attached hydrogen (secondary N) is 1. The molecule has 2 amide bonds. The minimum Gasteiger partial charge on any atom is -0.352 e. The number of carbonyl (C=O) groups is 2. The van der Waals surface area contributed by atoms with Crippen LogP contribution in [-0.4, -0.2) is 50.0 Å². The Balaban J connectivity index is 1.76. The van der Waals surface area contributed by atoms with Crippen molar-refractivity contribution in [3.63, 3.8) is 0 Å². The molecule has 1 aliphatic carbocycles. The van der Waals surface area contributed by atoms with E-state index in [0.717, 1.165) is 60.9 Å². The highest BCUT2D eigenvalue weighted by Gasteiger charge is 2.30. The molecular weight excluding hydrogens is 531 g/mol. The van der Waals surface area contributed by atoms with Crippen LogP contribution in [0.2, 0.25) is 0 Å². The van der Waals surface area contributed by atoms with Crippen LogP contribution in [0.25, 0.3) is 0 Å². The van der Waals surface area contributed by atoms with E-state index >= 15 is 0 Å². The fraction of sp³-hybridized carbons (Fsp3) is 0.500. The highest BCUT2D eigenvalue weighted by molar-refractivity contribution is 7.92. The van der Waals surface area contributed by atoms with Crippen molar-refractivity contribution in [2.24, 2.45) is 0 Å². The lowest BCUT2D eigenvalue weighted by molar-refractivity contribution is -0.141. The summed E-state index contributed by atoms with van der Waals surface area (Å²) in [6.45, 7) is 1.74. The van der Waals surface area contributed by atoms with E-state index in [1.54, 1.807) is 12.1 Å². The Hall–Kier alpha value is -3.08. The number of benzene rings is 2. The molecule has 0 radical (unpaired) electrons. The number of anilines is 1. The van der Waals surface area contributed by atoms with Gasteiger partial charge in [-0.1, -0.05) is 38.3 Å². The van der Waals surface area contributed by atoms with E-state index in [4.69, 9.17) is 0 Å². The minimum absolute atomic E-state index is 0.0506. The molecular formula is C28H36F3N3O4S. The van der Waals surface area contributed by atoms with Crippen LogP contribution in [-0.2, 0) is 26.2 Å². The lowest BCUT2D eigenvalue weighted by Crippen LogP contribution is -2.51. The van der Waals surface area contributed by atoms with Crippen LogP contribution in [0.5, 0.6) is 0 Å². The van der Waals surface area contributed by atoms with E-state index in [1.807, 2.05) is 6.92 Å². The molecule has 0 saturated heterocycles. The maximum absolute atomic E-state index is 13.8. The lowest BCUT2D eigenvalue weighted by Gasteiger charge is -2.33. The normalized spacial score (nSPS) is 15.0. The molecule has 1 atom stereocenters. The van der Waals surface area contributed by atoms with Gasteiger partial charge in [-0.05, 0) is 55.5 Å². The molecule has 2 aromatic carbocycles.